The van der Waals surface area contributed by atoms with Gasteiger partial charge >= 0.3 is 6.09 Å². The first kappa shape index (κ1) is 18.1. The number of hydrogen-bond donors (Lipinski definition) is 2. The molecule has 0 radical (unpaired) electrons. The quantitative estimate of drug-likeness (QED) is 0.743. The highest BCUT2D eigenvalue weighted by atomic mass is 16.6. The fourth-order valence-corrected chi connectivity index (χ4v) is 1.30. The molecule has 0 heterocycles. The zero-order valence-electron chi connectivity index (χ0n) is 12.5. The Morgan fingerprint density at radius 2 is 1.65 bits per heavy atom. The highest BCUT2D eigenvalue weighted by Gasteiger charge is 2.20. The lowest BCUT2D eigenvalue weighted by molar-refractivity contribution is -0.128. The van der Waals surface area contributed by atoms with E-state index < -0.39 is 23.6 Å². The second-order valence-corrected chi connectivity index (χ2v) is 5.49. The fraction of sp³-hybridized carbons (Fsp3) is 0.692. The molecule has 20 heavy (non-hydrogen) atoms. The van der Waals surface area contributed by atoms with Crippen molar-refractivity contribution in [3.63, 3.8) is 0 Å². The number of nitrogens with one attached hydrogen (secondary N) is 2. The first-order valence-electron chi connectivity index (χ1n) is 6.27. The van der Waals surface area contributed by atoms with Gasteiger partial charge in [-0.05, 0) is 34.6 Å². The Morgan fingerprint density at radius 1 is 1.10 bits per heavy atom. The Balaban J connectivity index is 4.24. The van der Waals surface area contributed by atoms with Crippen LogP contribution in [-0.2, 0) is 19.1 Å². The molecular weight excluding hydrogens is 264 g/mol. The van der Waals surface area contributed by atoms with Crippen molar-refractivity contribution in [3.8, 4) is 0 Å². The Kier molecular flexibility index (Phi) is 6.89. The normalized spacial score (nSPS) is 12.2. The molecule has 0 aromatic rings. The molecule has 7 nitrogen and oxygen atoms in total. The summed E-state index contributed by atoms with van der Waals surface area (Å²) in [5.41, 5.74) is -0.656. The van der Waals surface area contributed by atoms with Gasteiger partial charge in [-0.1, -0.05) is 0 Å². The molecular formula is C13H22N2O5. The molecule has 0 unspecified atom stereocenters. The summed E-state index contributed by atoms with van der Waals surface area (Å²) in [6.45, 7) is 7.40. The van der Waals surface area contributed by atoms with Gasteiger partial charge in [-0.2, -0.15) is 0 Å². The van der Waals surface area contributed by atoms with Crippen LogP contribution in [0.1, 0.15) is 41.0 Å². The van der Waals surface area contributed by atoms with E-state index in [1.54, 1.807) is 20.8 Å². The summed E-state index contributed by atoms with van der Waals surface area (Å²) in [6, 6.07) is -0.861. The second kappa shape index (κ2) is 7.62. The summed E-state index contributed by atoms with van der Waals surface area (Å²) in [6.07, 6.45) is -0.786. The minimum Gasteiger partial charge on any atom is -0.444 e. The molecule has 0 aliphatic heterocycles. The number of ether oxygens (including phenoxy) is 1. The van der Waals surface area contributed by atoms with E-state index >= 15 is 0 Å². The van der Waals surface area contributed by atoms with E-state index in [9.17, 15) is 19.2 Å². The fourth-order valence-electron chi connectivity index (χ4n) is 1.30. The van der Waals surface area contributed by atoms with Gasteiger partial charge in [0.15, 0.2) is 5.78 Å². The molecule has 0 aliphatic carbocycles. The van der Waals surface area contributed by atoms with Gasteiger partial charge in [0.25, 0.3) is 0 Å². The molecule has 2 amide bonds. The lowest BCUT2D eigenvalue weighted by Crippen LogP contribution is -2.46. The van der Waals surface area contributed by atoms with Crippen molar-refractivity contribution in [1.29, 1.82) is 0 Å². The first-order valence-corrected chi connectivity index (χ1v) is 6.27. The van der Waals surface area contributed by atoms with Gasteiger partial charge in [-0.3, -0.25) is 14.4 Å². The third-order valence-corrected chi connectivity index (χ3v) is 2.11. The second-order valence-electron chi connectivity index (χ2n) is 5.49. The number of rotatable bonds is 6. The van der Waals surface area contributed by atoms with E-state index in [-0.39, 0.29) is 24.5 Å². The molecule has 7 heteroatoms. The van der Waals surface area contributed by atoms with Crippen LogP contribution >= 0.6 is 0 Å². The van der Waals surface area contributed by atoms with Gasteiger partial charge in [-0.25, -0.2) is 4.79 Å². The zero-order valence-corrected chi connectivity index (χ0v) is 12.5. The summed E-state index contributed by atoms with van der Waals surface area (Å²) in [5.74, 6) is -1.08. The van der Waals surface area contributed by atoms with Crippen LogP contribution in [0.4, 0.5) is 4.79 Å². The third-order valence-electron chi connectivity index (χ3n) is 2.11. The Hall–Kier alpha value is -1.92. The lowest BCUT2D eigenvalue weighted by atomic mass is 10.1. The summed E-state index contributed by atoms with van der Waals surface area (Å²) < 4.78 is 4.95. The third kappa shape index (κ3) is 9.07. The standard InChI is InChI=1S/C13H22N2O5/c1-8(16)6-10(9(2)17)15-11(18)7-14-12(19)20-13(3,4)5/h10H,6-7H2,1-5H3,(H,14,19)(H,15,18)/t10-/m0/s1. The summed E-state index contributed by atoms with van der Waals surface area (Å²) >= 11 is 0. The molecule has 2 N–H and O–H groups in total. The van der Waals surface area contributed by atoms with Crippen LogP contribution in [0.15, 0.2) is 0 Å². The SMILES string of the molecule is CC(=O)C[C@H](NC(=O)CNC(=O)OC(C)(C)C)C(C)=O. The molecule has 0 spiro atoms. The Morgan fingerprint density at radius 3 is 2.05 bits per heavy atom. The Bertz CT molecular complexity index is 398. The maximum atomic E-state index is 11.6. The van der Waals surface area contributed by atoms with Gasteiger partial charge in [0.2, 0.25) is 5.91 Å². The number of alkyl carbamates (subject to hydrolysis) is 1. The minimum absolute atomic E-state index is 0.0620. The molecule has 0 bridgehead atoms. The average molecular weight is 286 g/mol. The minimum atomic E-state index is -0.861. The van der Waals surface area contributed by atoms with Crippen molar-refractivity contribution in [2.24, 2.45) is 0 Å². The molecule has 0 saturated carbocycles. The van der Waals surface area contributed by atoms with Gasteiger partial charge in [0.1, 0.15) is 17.9 Å². The molecule has 1 atom stereocenters. The maximum absolute atomic E-state index is 11.6. The highest BCUT2D eigenvalue weighted by Crippen LogP contribution is 2.06. The molecule has 0 fully saturated rings. The number of amides is 2. The number of ketones is 2. The van der Waals surface area contributed by atoms with Gasteiger partial charge in [0.05, 0.1) is 6.04 Å². The molecule has 0 rings (SSSR count). The van der Waals surface area contributed by atoms with Crippen LogP contribution in [-0.4, -0.2) is 41.8 Å². The van der Waals surface area contributed by atoms with E-state index in [0.717, 1.165) is 0 Å². The number of carbonyl (C=O) groups is 4. The van der Waals surface area contributed by atoms with Crippen molar-refractivity contribution in [2.75, 3.05) is 6.54 Å². The number of carbonyl (C=O) groups excluding carboxylic acids is 4. The van der Waals surface area contributed by atoms with Crippen LogP contribution in [0, 0.1) is 0 Å². The van der Waals surface area contributed by atoms with Crippen LogP contribution in [0.2, 0.25) is 0 Å². The van der Waals surface area contributed by atoms with Gasteiger partial charge < -0.3 is 15.4 Å². The van der Waals surface area contributed by atoms with Crippen molar-refractivity contribution < 1.29 is 23.9 Å². The van der Waals surface area contributed by atoms with Crippen molar-refractivity contribution >= 4 is 23.6 Å². The smallest absolute Gasteiger partial charge is 0.408 e. The highest BCUT2D eigenvalue weighted by molar-refractivity contribution is 5.92. The van der Waals surface area contributed by atoms with Crippen molar-refractivity contribution in [2.45, 2.75) is 52.7 Å². The van der Waals surface area contributed by atoms with E-state index in [2.05, 4.69) is 10.6 Å². The molecule has 0 aliphatic rings. The molecule has 0 aromatic carbocycles. The summed E-state index contributed by atoms with van der Waals surface area (Å²) in [4.78, 5) is 45.1. The Labute approximate surface area is 118 Å². The monoisotopic (exact) mass is 286 g/mol. The molecule has 0 aromatic heterocycles. The zero-order chi connectivity index (χ0) is 15.9. The van der Waals surface area contributed by atoms with Crippen molar-refractivity contribution in [3.05, 3.63) is 0 Å². The molecule has 0 saturated heterocycles. The predicted octanol–water partition coefficient (Wildman–Crippen LogP) is 0.564. The predicted molar refractivity (Wildman–Crippen MR) is 72.1 cm³/mol. The van der Waals surface area contributed by atoms with E-state index in [1.165, 1.54) is 13.8 Å². The van der Waals surface area contributed by atoms with Gasteiger partial charge in [-0.15, -0.1) is 0 Å². The number of hydrogen-bond acceptors (Lipinski definition) is 5. The van der Waals surface area contributed by atoms with Crippen LogP contribution < -0.4 is 10.6 Å². The van der Waals surface area contributed by atoms with E-state index in [1.807, 2.05) is 0 Å². The van der Waals surface area contributed by atoms with E-state index in [0.29, 0.717) is 0 Å². The van der Waals surface area contributed by atoms with Crippen LogP contribution in [0.5, 0.6) is 0 Å². The van der Waals surface area contributed by atoms with Crippen LogP contribution in [0.25, 0.3) is 0 Å². The topological polar surface area (TPSA) is 102 Å². The van der Waals surface area contributed by atoms with Gasteiger partial charge in [0, 0.05) is 6.42 Å². The first-order chi connectivity index (χ1) is 9.01. The van der Waals surface area contributed by atoms with E-state index in [4.69, 9.17) is 4.74 Å². The summed E-state index contributed by atoms with van der Waals surface area (Å²) in [5, 5.41) is 4.65. The lowest BCUT2D eigenvalue weighted by Gasteiger charge is -2.20. The molecule has 114 valence electrons. The average Bonchev–Trinajstić information content (AvgIpc) is 2.22. The van der Waals surface area contributed by atoms with Crippen LogP contribution in [0.3, 0.4) is 0 Å². The van der Waals surface area contributed by atoms with Crippen molar-refractivity contribution in [1.82, 2.24) is 10.6 Å². The summed E-state index contributed by atoms with van der Waals surface area (Å²) in [7, 11) is 0. The largest absolute Gasteiger partial charge is 0.444 e. The number of Topliss-reactive ketones (excluding diaryl/α,β-unsaturated/α-hetero) is 2. The maximum Gasteiger partial charge on any atom is 0.408 e.